The number of rotatable bonds is 5. The van der Waals surface area contributed by atoms with Crippen LogP contribution in [-0.4, -0.2) is 93.3 Å². The zero-order chi connectivity index (χ0) is 16.3. The van der Waals surface area contributed by atoms with Crippen LogP contribution in [0.1, 0.15) is 20.3 Å². The summed E-state index contributed by atoms with van der Waals surface area (Å²) in [5.74, 6) is 0.318. The van der Waals surface area contributed by atoms with E-state index in [4.69, 9.17) is 5.11 Å². The summed E-state index contributed by atoms with van der Waals surface area (Å²) in [5, 5.41) is 39.1. The first-order valence-electron chi connectivity index (χ1n) is 7.96. The summed E-state index contributed by atoms with van der Waals surface area (Å²) in [4.78, 5) is 16.9. The van der Waals surface area contributed by atoms with Crippen molar-refractivity contribution in [3.05, 3.63) is 0 Å². The van der Waals surface area contributed by atoms with Crippen molar-refractivity contribution in [3.63, 3.8) is 0 Å². The molecule has 126 valence electrons. The van der Waals surface area contributed by atoms with Crippen LogP contribution in [0.15, 0.2) is 0 Å². The lowest BCUT2D eigenvalue weighted by Gasteiger charge is -2.66. The second-order valence-electron chi connectivity index (χ2n) is 7.48. The molecule has 7 heteroatoms. The molecule has 0 aromatic heterocycles. The third-order valence-corrected chi connectivity index (χ3v) is 5.81. The monoisotopic (exact) mass is 314 g/mol. The van der Waals surface area contributed by atoms with E-state index in [0.717, 1.165) is 6.42 Å². The van der Waals surface area contributed by atoms with Gasteiger partial charge < -0.3 is 20.4 Å². The second kappa shape index (κ2) is 5.22. The summed E-state index contributed by atoms with van der Waals surface area (Å²) < 4.78 is 0. The summed E-state index contributed by atoms with van der Waals surface area (Å²) in [6.45, 7) is 5.68. The number of hydrogen-bond acceptors (Lipinski definition) is 7. The lowest BCUT2D eigenvalue weighted by atomic mass is 9.60. The number of ketones is 1. The molecule has 7 nitrogen and oxygen atoms in total. The van der Waals surface area contributed by atoms with Gasteiger partial charge >= 0.3 is 0 Å². The second-order valence-corrected chi connectivity index (χ2v) is 7.48. The van der Waals surface area contributed by atoms with Crippen LogP contribution in [-0.2, 0) is 4.79 Å². The van der Waals surface area contributed by atoms with Gasteiger partial charge in [-0.3, -0.25) is 14.6 Å². The molecule has 0 saturated carbocycles. The Balaban J connectivity index is 1.86. The number of piperidine rings is 2. The van der Waals surface area contributed by atoms with E-state index < -0.39 is 36.5 Å². The van der Waals surface area contributed by atoms with Crippen LogP contribution in [0.3, 0.4) is 0 Å². The van der Waals surface area contributed by atoms with E-state index in [1.807, 2.05) is 13.8 Å². The zero-order valence-electron chi connectivity index (χ0n) is 13.1. The van der Waals surface area contributed by atoms with Gasteiger partial charge in [-0.1, -0.05) is 13.8 Å². The Bertz CT molecular complexity index is 455. The normalized spacial score (nSPS) is 47.5. The lowest BCUT2D eigenvalue weighted by Crippen LogP contribution is -2.81. The molecule has 4 N–H and O–H groups in total. The van der Waals surface area contributed by atoms with Crippen molar-refractivity contribution in [2.75, 3.05) is 32.8 Å². The number of aliphatic hydroxyl groups excluding tert-OH is 4. The number of hydrogen-bond donors (Lipinski definition) is 4. The molecule has 0 aromatic rings. The molecule has 22 heavy (non-hydrogen) atoms. The fourth-order valence-electron chi connectivity index (χ4n) is 4.75. The van der Waals surface area contributed by atoms with Crippen molar-refractivity contribution in [1.29, 1.82) is 0 Å². The van der Waals surface area contributed by atoms with E-state index in [1.54, 1.807) is 0 Å². The predicted molar refractivity (Wildman–Crippen MR) is 77.9 cm³/mol. The van der Waals surface area contributed by atoms with E-state index >= 15 is 0 Å². The van der Waals surface area contributed by atoms with Gasteiger partial charge in [-0.25, -0.2) is 0 Å². The largest absolute Gasteiger partial charge is 0.394 e. The third kappa shape index (κ3) is 2.07. The standard InChI is InChI=1S/C15H26N2O5/c1-3-15-7-16-5-14(2,13(15)22)6-17(8-15)12(16)11(21)10(20)9(19)4-18/h9-12,18-21H,3-8H2,1-2H3. The summed E-state index contributed by atoms with van der Waals surface area (Å²) in [6, 6.07) is 0. The number of aliphatic hydroxyl groups is 4. The summed E-state index contributed by atoms with van der Waals surface area (Å²) in [7, 11) is 0. The van der Waals surface area contributed by atoms with Crippen molar-refractivity contribution in [1.82, 2.24) is 9.80 Å². The highest BCUT2D eigenvalue weighted by Gasteiger charge is 2.64. The molecular weight excluding hydrogens is 288 g/mol. The van der Waals surface area contributed by atoms with Crippen molar-refractivity contribution in [3.8, 4) is 0 Å². The van der Waals surface area contributed by atoms with E-state index in [-0.39, 0.29) is 5.41 Å². The molecule has 0 amide bonds. The van der Waals surface area contributed by atoms with Crippen LogP contribution in [0, 0.1) is 10.8 Å². The molecule has 4 saturated heterocycles. The minimum Gasteiger partial charge on any atom is -0.394 e. The van der Waals surface area contributed by atoms with Gasteiger partial charge in [0.1, 0.15) is 24.1 Å². The molecule has 4 aliphatic rings. The Hall–Kier alpha value is -0.570. The summed E-state index contributed by atoms with van der Waals surface area (Å²) in [5.41, 5.74) is -0.814. The highest BCUT2D eigenvalue weighted by molar-refractivity contribution is 5.93. The third-order valence-electron chi connectivity index (χ3n) is 5.81. The molecule has 0 aliphatic carbocycles. The average Bonchev–Trinajstić information content (AvgIpc) is 2.49. The van der Waals surface area contributed by atoms with Gasteiger partial charge in [0.2, 0.25) is 0 Å². The van der Waals surface area contributed by atoms with E-state index in [1.165, 1.54) is 0 Å². The Morgan fingerprint density at radius 2 is 1.73 bits per heavy atom. The highest BCUT2D eigenvalue weighted by atomic mass is 16.4. The van der Waals surface area contributed by atoms with Crippen LogP contribution in [0.2, 0.25) is 0 Å². The van der Waals surface area contributed by atoms with Gasteiger partial charge in [-0.2, -0.15) is 0 Å². The van der Waals surface area contributed by atoms with Crippen LogP contribution in [0.4, 0.5) is 0 Å². The summed E-state index contributed by atoms with van der Waals surface area (Å²) >= 11 is 0. The van der Waals surface area contributed by atoms with Crippen molar-refractivity contribution < 1.29 is 25.2 Å². The molecule has 4 fully saturated rings. The topological polar surface area (TPSA) is 104 Å². The van der Waals surface area contributed by atoms with Gasteiger partial charge in [-0.15, -0.1) is 0 Å². The van der Waals surface area contributed by atoms with Gasteiger partial charge in [0.15, 0.2) is 0 Å². The van der Waals surface area contributed by atoms with Crippen molar-refractivity contribution >= 4 is 5.78 Å². The maximum atomic E-state index is 12.8. The number of Topliss-reactive ketones (excluding diaryl/α,β-unsaturated/α-hetero) is 1. The first kappa shape index (κ1) is 16.3. The molecular formula is C15H26N2O5. The first-order valence-corrected chi connectivity index (χ1v) is 7.96. The molecule has 4 aliphatic heterocycles. The molecule has 0 spiro atoms. The molecule has 5 unspecified atom stereocenters. The minimum absolute atomic E-state index is 0.318. The fourth-order valence-corrected chi connectivity index (χ4v) is 4.75. The SMILES string of the molecule is CCC12CN3CC(C)(CN(C1)C3C(O)C(O)C(O)CO)C2=O. The first-order chi connectivity index (χ1) is 10.3. The molecule has 5 atom stereocenters. The fraction of sp³-hybridized carbons (Fsp3) is 0.933. The van der Waals surface area contributed by atoms with Crippen molar-refractivity contribution in [2.45, 2.75) is 44.7 Å². The Kier molecular flexibility index (Phi) is 3.87. The molecule has 4 heterocycles. The van der Waals surface area contributed by atoms with Crippen LogP contribution >= 0.6 is 0 Å². The number of nitrogens with zero attached hydrogens (tertiary/aromatic N) is 2. The summed E-state index contributed by atoms with van der Waals surface area (Å²) in [6.07, 6.45) is -3.62. The maximum absolute atomic E-state index is 12.8. The lowest BCUT2D eigenvalue weighted by molar-refractivity contribution is -0.228. The quantitative estimate of drug-likeness (QED) is 0.465. The minimum atomic E-state index is -1.41. The van der Waals surface area contributed by atoms with Gasteiger partial charge in [0.05, 0.1) is 23.6 Å². The van der Waals surface area contributed by atoms with Gasteiger partial charge in [0.25, 0.3) is 0 Å². The molecule has 4 bridgehead atoms. The van der Waals surface area contributed by atoms with E-state index in [0.29, 0.717) is 32.0 Å². The van der Waals surface area contributed by atoms with Crippen LogP contribution in [0.5, 0.6) is 0 Å². The van der Waals surface area contributed by atoms with Gasteiger partial charge in [-0.05, 0) is 6.42 Å². The molecule has 0 radical (unpaired) electrons. The number of carbonyl (C=O) groups excluding carboxylic acids is 1. The number of carbonyl (C=O) groups is 1. The molecule has 0 aromatic carbocycles. The highest BCUT2D eigenvalue weighted by Crippen LogP contribution is 2.50. The van der Waals surface area contributed by atoms with Gasteiger partial charge in [0, 0.05) is 26.2 Å². The molecule has 4 rings (SSSR count). The van der Waals surface area contributed by atoms with Crippen molar-refractivity contribution in [2.24, 2.45) is 10.8 Å². The Morgan fingerprint density at radius 3 is 2.18 bits per heavy atom. The predicted octanol–water partition coefficient (Wildman–Crippen LogP) is -2.00. The zero-order valence-corrected chi connectivity index (χ0v) is 13.1. The maximum Gasteiger partial charge on any atom is 0.150 e. The smallest absolute Gasteiger partial charge is 0.150 e. The Labute approximate surface area is 130 Å². The Morgan fingerprint density at radius 1 is 1.18 bits per heavy atom. The van der Waals surface area contributed by atoms with Crippen LogP contribution < -0.4 is 0 Å². The van der Waals surface area contributed by atoms with E-state index in [2.05, 4.69) is 9.80 Å². The van der Waals surface area contributed by atoms with Crippen LogP contribution in [0.25, 0.3) is 0 Å². The average molecular weight is 314 g/mol. The van der Waals surface area contributed by atoms with E-state index in [9.17, 15) is 20.1 Å².